The van der Waals surface area contributed by atoms with Crippen molar-refractivity contribution in [2.24, 2.45) is 0 Å². The smallest absolute Gasteiger partial charge is 0.257 e. The van der Waals surface area contributed by atoms with Gasteiger partial charge < -0.3 is 10.2 Å². The molecule has 2 aromatic carbocycles. The summed E-state index contributed by atoms with van der Waals surface area (Å²) in [6.07, 6.45) is 2.68. The van der Waals surface area contributed by atoms with Gasteiger partial charge >= 0.3 is 0 Å². The van der Waals surface area contributed by atoms with Gasteiger partial charge in [-0.1, -0.05) is 23.8 Å². The van der Waals surface area contributed by atoms with Crippen molar-refractivity contribution in [2.75, 3.05) is 26.2 Å². The average molecular weight is 378 g/mol. The van der Waals surface area contributed by atoms with Gasteiger partial charge in [0.1, 0.15) is 11.5 Å². The van der Waals surface area contributed by atoms with Crippen molar-refractivity contribution in [3.05, 3.63) is 71.7 Å². The van der Waals surface area contributed by atoms with Gasteiger partial charge in [-0.3, -0.25) is 4.79 Å². The van der Waals surface area contributed by atoms with Crippen molar-refractivity contribution < 1.29 is 9.18 Å². The van der Waals surface area contributed by atoms with E-state index in [0.717, 1.165) is 37.2 Å². The molecule has 144 valence electrons. The number of rotatable bonds is 3. The van der Waals surface area contributed by atoms with Crippen molar-refractivity contribution in [3.63, 3.8) is 0 Å². The monoisotopic (exact) mass is 378 g/mol. The molecule has 0 atom stereocenters. The molecule has 0 aliphatic carbocycles. The van der Waals surface area contributed by atoms with E-state index in [9.17, 15) is 9.18 Å². The molecule has 1 fully saturated rings. The number of halogens is 1. The summed E-state index contributed by atoms with van der Waals surface area (Å²) in [4.78, 5) is 15.2. The van der Waals surface area contributed by atoms with Crippen molar-refractivity contribution >= 4 is 5.91 Å². The fourth-order valence-electron chi connectivity index (χ4n) is 3.48. The number of amides is 1. The molecule has 6 heteroatoms. The quantitative estimate of drug-likeness (QED) is 0.760. The van der Waals surface area contributed by atoms with Gasteiger partial charge in [0.15, 0.2) is 0 Å². The summed E-state index contributed by atoms with van der Waals surface area (Å²) in [5.74, 6) is -0.322. The fourth-order valence-corrected chi connectivity index (χ4v) is 3.48. The highest BCUT2D eigenvalue weighted by molar-refractivity contribution is 6.00. The number of benzene rings is 2. The van der Waals surface area contributed by atoms with Crippen LogP contribution in [-0.2, 0) is 0 Å². The van der Waals surface area contributed by atoms with E-state index < -0.39 is 0 Å². The molecule has 0 bridgehead atoms. The Balaban J connectivity index is 1.78. The largest absolute Gasteiger partial charge is 0.337 e. The third-order valence-corrected chi connectivity index (χ3v) is 4.95. The standard InChI is InChI=1S/C22H23FN4O/c1-16-4-2-5-17(14-16)21-20(22(28)26-12-3-10-24-11-13-26)15-27(25-21)19-8-6-18(23)7-9-19/h2,4-9,14-15,24H,3,10-13H2,1H3. The lowest BCUT2D eigenvalue weighted by Gasteiger charge is -2.19. The predicted octanol–water partition coefficient (Wildman–Crippen LogP) is 3.42. The van der Waals surface area contributed by atoms with E-state index in [4.69, 9.17) is 5.10 Å². The van der Waals surface area contributed by atoms with E-state index in [1.54, 1.807) is 23.0 Å². The fraction of sp³-hybridized carbons (Fsp3) is 0.273. The summed E-state index contributed by atoms with van der Waals surface area (Å²) in [5.41, 5.74) is 3.93. The summed E-state index contributed by atoms with van der Waals surface area (Å²) >= 11 is 0. The lowest BCUT2D eigenvalue weighted by molar-refractivity contribution is 0.0767. The van der Waals surface area contributed by atoms with Gasteiger partial charge in [-0.2, -0.15) is 5.10 Å². The molecule has 0 unspecified atom stereocenters. The zero-order valence-corrected chi connectivity index (χ0v) is 15.9. The second kappa shape index (κ2) is 7.94. The van der Waals surface area contributed by atoms with Crippen LogP contribution in [0.2, 0.25) is 0 Å². The van der Waals surface area contributed by atoms with Gasteiger partial charge in [0, 0.05) is 31.4 Å². The third-order valence-electron chi connectivity index (χ3n) is 4.95. The summed E-state index contributed by atoms with van der Waals surface area (Å²) in [6, 6.07) is 14.1. The number of carbonyl (C=O) groups excluding carboxylic acids is 1. The molecule has 1 aliphatic rings. The van der Waals surface area contributed by atoms with Gasteiger partial charge in [0.2, 0.25) is 0 Å². The number of nitrogens with zero attached hydrogens (tertiary/aromatic N) is 3. The lowest BCUT2D eigenvalue weighted by atomic mass is 10.0. The average Bonchev–Trinajstić information content (AvgIpc) is 2.96. The molecule has 2 heterocycles. The van der Waals surface area contributed by atoms with Crippen LogP contribution in [0, 0.1) is 12.7 Å². The highest BCUT2D eigenvalue weighted by atomic mass is 19.1. The van der Waals surface area contributed by atoms with Crippen molar-refractivity contribution in [2.45, 2.75) is 13.3 Å². The molecule has 3 aromatic rings. The molecular weight excluding hydrogens is 355 g/mol. The Hall–Kier alpha value is -2.99. The number of carbonyl (C=O) groups is 1. The molecule has 1 amide bonds. The normalized spacial score (nSPS) is 14.7. The number of aromatic nitrogens is 2. The van der Waals surface area contributed by atoms with Gasteiger partial charge in [0.25, 0.3) is 5.91 Å². The van der Waals surface area contributed by atoms with Gasteiger partial charge in [0.05, 0.1) is 11.3 Å². The topological polar surface area (TPSA) is 50.2 Å². The molecule has 0 spiro atoms. The second-order valence-electron chi connectivity index (χ2n) is 7.08. The van der Waals surface area contributed by atoms with Crippen molar-refractivity contribution in [1.29, 1.82) is 0 Å². The first-order valence-electron chi connectivity index (χ1n) is 9.54. The van der Waals surface area contributed by atoms with Gasteiger partial charge in [-0.05, 0) is 50.2 Å². The van der Waals surface area contributed by atoms with E-state index in [0.29, 0.717) is 23.5 Å². The SMILES string of the molecule is Cc1cccc(-c2nn(-c3ccc(F)cc3)cc2C(=O)N2CCCNCC2)c1. The first-order chi connectivity index (χ1) is 13.6. The molecule has 1 saturated heterocycles. The maximum atomic E-state index is 13.3. The van der Waals surface area contributed by atoms with Crippen molar-refractivity contribution in [3.8, 4) is 16.9 Å². The van der Waals surface area contributed by atoms with Crippen LogP contribution in [0.3, 0.4) is 0 Å². The molecule has 1 N–H and O–H groups in total. The van der Waals surface area contributed by atoms with Gasteiger partial charge in [-0.15, -0.1) is 0 Å². The Kier molecular flexibility index (Phi) is 5.21. The van der Waals surface area contributed by atoms with E-state index in [-0.39, 0.29) is 11.7 Å². The second-order valence-corrected chi connectivity index (χ2v) is 7.08. The minimum atomic E-state index is -0.303. The zero-order valence-electron chi connectivity index (χ0n) is 15.9. The molecule has 0 saturated carbocycles. The van der Waals surface area contributed by atoms with E-state index in [1.807, 2.05) is 36.1 Å². The number of hydrogen-bond donors (Lipinski definition) is 1. The molecule has 4 rings (SSSR count). The zero-order chi connectivity index (χ0) is 19.5. The molecular formula is C22H23FN4O. The summed E-state index contributed by atoms with van der Waals surface area (Å²) in [6.45, 7) is 5.12. The van der Waals surface area contributed by atoms with Crippen LogP contribution in [0.5, 0.6) is 0 Å². The molecule has 5 nitrogen and oxygen atoms in total. The number of aryl methyl sites for hydroxylation is 1. The Morgan fingerprint density at radius 3 is 2.71 bits per heavy atom. The highest BCUT2D eigenvalue weighted by Gasteiger charge is 2.24. The maximum absolute atomic E-state index is 13.3. The predicted molar refractivity (Wildman–Crippen MR) is 107 cm³/mol. The van der Waals surface area contributed by atoms with Crippen LogP contribution >= 0.6 is 0 Å². The van der Waals surface area contributed by atoms with Crippen LogP contribution in [0.4, 0.5) is 4.39 Å². The minimum absolute atomic E-state index is 0.0198. The van der Waals surface area contributed by atoms with E-state index >= 15 is 0 Å². The molecule has 28 heavy (non-hydrogen) atoms. The molecule has 1 aliphatic heterocycles. The van der Waals surface area contributed by atoms with Crippen LogP contribution in [-0.4, -0.2) is 46.8 Å². The minimum Gasteiger partial charge on any atom is -0.337 e. The van der Waals surface area contributed by atoms with E-state index in [1.165, 1.54) is 12.1 Å². The highest BCUT2D eigenvalue weighted by Crippen LogP contribution is 2.26. The lowest BCUT2D eigenvalue weighted by Crippen LogP contribution is -2.34. The Labute approximate surface area is 163 Å². The van der Waals surface area contributed by atoms with Crippen LogP contribution in [0.25, 0.3) is 16.9 Å². The van der Waals surface area contributed by atoms with Crippen LogP contribution < -0.4 is 5.32 Å². The molecule has 0 radical (unpaired) electrons. The first kappa shape index (κ1) is 18.4. The number of nitrogens with one attached hydrogen (secondary N) is 1. The maximum Gasteiger partial charge on any atom is 0.257 e. The van der Waals surface area contributed by atoms with Crippen molar-refractivity contribution in [1.82, 2.24) is 20.0 Å². The van der Waals surface area contributed by atoms with Crippen LogP contribution in [0.15, 0.2) is 54.7 Å². The summed E-state index contributed by atoms with van der Waals surface area (Å²) in [5, 5.41) is 8.02. The van der Waals surface area contributed by atoms with Crippen LogP contribution in [0.1, 0.15) is 22.3 Å². The molecule has 1 aromatic heterocycles. The van der Waals surface area contributed by atoms with Gasteiger partial charge in [-0.25, -0.2) is 9.07 Å². The summed E-state index contributed by atoms with van der Waals surface area (Å²) < 4.78 is 15.0. The first-order valence-corrected chi connectivity index (χ1v) is 9.54. The third kappa shape index (κ3) is 3.82. The Morgan fingerprint density at radius 2 is 1.93 bits per heavy atom. The number of hydrogen-bond acceptors (Lipinski definition) is 3. The summed E-state index contributed by atoms with van der Waals surface area (Å²) in [7, 11) is 0. The van der Waals surface area contributed by atoms with E-state index in [2.05, 4.69) is 5.32 Å². The Morgan fingerprint density at radius 1 is 1.11 bits per heavy atom. The Bertz CT molecular complexity index is 972.